The van der Waals surface area contributed by atoms with Gasteiger partial charge in [-0.3, -0.25) is 0 Å². The summed E-state index contributed by atoms with van der Waals surface area (Å²) in [6, 6.07) is 4.62. The zero-order valence-corrected chi connectivity index (χ0v) is 7.69. The summed E-state index contributed by atoms with van der Waals surface area (Å²) < 4.78 is 18.4. The monoisotopic (exact) mass is 198 g/mol. The molecular formula is C9H7FO2S. The van der Waals surface area contributed by atoms with Crippen LogP contribution in [0.2, 0.25) is 0 Å². The number of phenolic OH excluding ortho intramolecular Hbond substituents is 1. The van der Waals surface area contributed by atoms with E-state index in [1.54, 1.807) is 12.1 Å². The van der Waals surface area contributed by atoms with Crippen molar-refractivity contribution in [1.82, 2.24) is 0 Å². The van der Waals surface area contributed by atoms with Crippen molar-refractivity contribution in [2.24, 2.45) is 0 Å². The molecule has 0 saturated carbocycles. The Morgan fingerprint density at radius 2 is 2.23 bits per heavy atom. The maximum absolute atomic E-state index is 12.9. The molecular weight excluding hydrogens is 191 g/mol. The molecule has 13 heavy (non-hydrogen) atoms. The van der Waals surface area contributed by atoms with E-state index in [2.05, 4.69) is 0 Å². The number of benzene rings is 1. The highest BCUT2D eigenvalue weighted by Gasteiger charge is 2.09. The van der Waals surface area contributed by atoms with E-state index in [4.69, 9.17) is 4.74 Å². The van der Waals surface area contributed by atoms with Gasteiger partial charge in [0.2, 0.25) is 0 Å². The van der Waals surface area contributed by atoms with Crippen LogP contribution in [0.1, 0.15) is 0 Å². The van der Waals surface area contributed by atoms with E-state index >= 15 is 0 Å². The molecule has 68 valence electrons. The van der Waals surface area contributed by atoms with Gasteiger partial charge in [0.05, 0.1) is 11.8 Å². The van der Waals surface area contributed by atoms with Gasteiger partial charge in [-0.15, -0.1) is 0 Å². The van der Waals surface area contributed by atoms with Gasteiger partial charge in [-0.1, -0.05) is 17.4 Å². The number of ether oxygens (including phenoxy) is 1. The minimum Gasteiger partial charge on any atom is -0.504 e. The maximum atomic E-state index is 12.9. The summed E-state index contributed by atoms with van der Waals surface area (Å²) in [6.07, 6.45) is 0. The molecule has 0 atom stereocenters. The van der Waals surface area contributed by atoms with E-state index in [1.807, 2.05) is 0 Å². The fourth-order valence-corrected chi connectivity index (χ4v) is 2.05. The van der Waals surface area contributed by atoms with E-state index in [0.717, 1.165) is 5.39 Å². The third-order valence-corrected chi connectivity index (χ3v) is 2.91. The average molecular weight is 198 g/mol. The summed E-state index contributed by atoms with van der Waals surface area (Å²) in [7, 11) is 1.54. The molecule has 1 aromatic carbocycles. The lowest BCUT2D eigenvalue weighted by atomic mass is 10.2. The lowest BCUT2D eigenvalue weighted by molar-refractivity contribution is 0.427. The van der Waals surface area contributed by atoms with Crippen LogP contribution >= 0.6 is 11.3 Å². The minimum absolute atomic E-state index is 0.300. The van der Waals surface area contributed by atoms with Gasteiger partial charge < -0.3 is 9.84 Å². The molecule has 0 bridgehead atoms. The molecule has 0 saturated heterocycles. The van der Waals surface area contributed by atoms with E-state index < -0.39 is 5.82 Å². The molecule has 0 aliphatic carbocycles. The van der Waals surface area contributed by atoms with Crippen molar-refractivity contribution in [2.75, 3.05) is 7.11 Å². The van der Waals surface area contributed by atoms with Gasteiger partial charge >= 0.3 is 0 Å². The van der Waals surface area contributed by atoms with Crippen LogP contribution in [0.15, 0.2) is 18.2 Å². The molecule has 0 amide bonds. The summed E-state index contributed by atoms with van der Waals surface area (Å²) >= 11 is 1.23. The van der Waals surface area contributed by atoms with Crippen LogP contribution in [0, 0.1) is 5.82 Å². The molecule has 0 aliphatic rings. The van der Waals surface area contributed by atoms with Crippen molar-refractivity contribution in [3.05, 3.63) is 24.0 Å². The summed E-state index contributed by atoms with van der Waals surface area (Å²) in [5.41, 5.74) is 0. The minimum atomic E-state index is -0.600. The highest BCUT2D eigenvalue weighted by molar-refractivity contribution is 7.21. The Balaban J connectivity index is 2.76. The lowest BCUT2D eigenvalue weighted by Crippen LogP contribution is -1.73. The Kier molecular flexibility index (Phi) is 1.84. The number of fused-ring (bicyclic) bond motifs is 1. The molecule has 1 N–H and O–H groups in total. The standard InChI is InChI=1S/C9H7FO2S/c1-12-7-4-5-2-3-6(10)8(11)9(5)13-7/h2-4,11H,1H3. The van der Waals surface area contributed by atoms with Crippen molar-refractivity contribution < 1.29 is 14.2 Å². The van der Waals surface area contributed by atoms with E-state index in [-0.39, 0.29) is 5.75 Å². The smallest absolute Gasteiger partial charge is 0.174 e. The van der Waals surface area contributed by atoms with Crippen molar-refractivity contribution in [2.45, 2.75) is 0 Å². The van der Waals surface area contributed by atoms with E-state index in [9.17, 15) is 9.50 Å². The second-order valence-electron chi connectivity index (χ2n) is 2.58. The quantitative estimate of drug-likeness (QED) is 0.763. The molecule has 2 rings (SSSR count). The second kappa shape index (κ2) is 2.88. The first-order chi connectivity index (χ1) is 6.22. The molecule has 2 nitrogen and oxygen atoms in total. The van der Waals surface area contributed by atoms with Gasteiger partial charge in [-0.05, 0) is 12.1 Å². The normalized spacial score (nSPS) is 10.6. The van der Waals surface area contributed by atoms with Crippen LogP contribution in [-0.4, -0.2) is 12.2 Å². The van der Waals surface area contributed by atoms with E-state index in [0.29, 0.717) is 9.76 Å². The Bertz CT molecular complexity index is 450. The van der Waals surface area contributed by atoms with Crippen molar-refractivity contribution in [3.63, 3.8) is 0 Å². The second-order valence-corrected chi connectivity index (χ2v) is 3.60. The van der Waals surface area contributed by atoms with Crippen LogP contribution in [0.5, 0.6) is 10.8 Å². The molecule has 0 radical (unpaired) electrons. The highest BCUT2D eigenvalue weighted by atomic mass is 32.1. The highest BCUT2D eigenvalue weighted by Crippen LogP contribution is 2.38. The van der Waals surface area contributed by atoms with Gasteiger partial charge in [0, 0.05) is 5.39 Å². The average Bonchev–Trinajstić information content (AvgIpc) is 2.55. The van der Waals surface area contributed by atoms with Crippen LogP contribution < -0.4 is 4.74 Å². The molecule has 0 aliphatic heterocycles. The Morgan fingerprint density at radius 3 is 2.92 bits per heavy atom. The Hall–Kier alpha value is -1.29. The number of halogens is 1. The first-order valence-corrected chi connectivity index (χ1v) is 4.49. The third kappa shape index (κ3) is 1.23. The first kappa shape index (κ1) is 8.31. The number of thiophene rings is 1. The van der Waals surface area contributed by atoms with Crippen molar-refractivity contribution in [1.29, 1.82) is 0 Å². The molecule has 0 unspecified atom stereocenters. The van der Waals surface area contributed by atoms with E-state index in [1.165, 1.54) is 24.5 Å². The predicted molar refractivity (Wildman–Crippen MR) is 50.0 cm³/mol. The van der Waals surface area contributed by atoms with Crippen LogP contribution in [0.3, 0.4) is 0 Å². The molecule has 1 aromatic heterocycles. The first-order valence-electron chi connectivity index (χ1n) is 3.67. The predicted octanol–water partition coefficient (Wildman–Crippen LogP) is 2.75. The topological polar surface area (TPSA) is 29.5 Å². The number of phenols is 1. The number of hydrogen-bond acceptors (Lipinski definition) is 3. The molecule has 0 spiro atoms. The van der Waals surface area contributed by atoms with Gasteiger partial charge in [-0.2, -0.15) is 0 Å². The van der Waals surface area contributed by atoms with Gasteiger partial charge in [0.1, 0.15) is 0 Å². The van der Waals surface area contributed by atoms with Gasteiger partial charge in [0.25, 0.3) is 0 Å². The number of aromatic hydroxyl groups is 1. The van der Waals surface area contributed by atoms with Crippen LogP contribution in [-0.2, 0) is 0 Å². The number of hydrogen-bond donors (Lipinski definition) is 1. The largest absolute Gasteiger partial charge is 0.504 e. The van der Waals surface area contributed by atoms with Crippen molar-refractivity contribution in [3.8, 4) is 10.8 Å². The van der Waals surface area contributed by atoms with Crippen LogP contribution in [0.25, 0.3) is 10.1 Å². The summed E-state index contributed by atoms with van der Waals surface area (Å²) in [6.45, 7) is 0. The zero-order valence-electron chi connectivity index (χ0n) is 6.87. The molecule has 2 aromatic rings. The fourth-order valence-electron chi connectivity index (χ4n) is 1.14. The SMILES string of the molecule is COc1cc2ccc(F)c(O)c2s1. The summed E-state index contributed by atoms with van der Waals surface area (Å²) in [5.74, 6) is -0.900. The maximum Gasteiger partial charge on any atom is 0.174 e. The third-order valence-electron chi connectivity index (χ3n) is 1.79. The molecule has 0 fully saturated rings. The van der Waals surface area contributed by atoms with Gasteiger partial charge in [0.15, 0.2) is 16.6 Å². The lowest BCUT2D eigenvalue weighted by Gasteiger charge is -1.94. The molecule has 4 heteroatoms. The molecule has 1 heterocycles. The summed E-state index contributed by atoms with van der Waals surface area (Å²) in [5, 5.41) is 10.8. The Labute approximate surface area is 78.2 Å². The summed E-state index contributed by atoms with van der Waals surface area (Å²) in [4.78, 5) is 0. The number of rotatable bonds is 1. The Morgan fingerprint density at radius 1 is 1.46 bits per heavy atom. The van der Waals surface area contributed by atoms with Crippen molar-refractivity contribution >= 4 is 21.4 Å². The number of methoxy groups -OCH3 is 1. The van der Waals surface area contributed by atoms with Crippen LogP contribution in [0.4, 0.5) is 4.39 Å². The zero-order chi connectivity index (χ0) is 9.42. The van der Waals surface area contributed by atoms with Gasteiger partial charge in [-0.25, -0.2) is 4.39 Å². The fraction of sp³-hybridized carbons (Fsp3) is 0.111.